The van der Waals surface area contributed by atoms with Crippen molar-refractivity contribution in [1.82, 2.24) is 14.5 Å². The van der Waals surface area contributed by atoms with Crippen molar-refractivity contribution < 1.29 is 17.6 Å². The van der Waals surface area contributed by atoms with Crippen molar-refractivity contribution >= 4 is 37.3 Å². The fourth-order valence-electron chi connectivity index (χ4n) is 2.46. The van der Waals surface area contributed by atoms with Gasteiger partial charge in [0.25, 0.3) is 5.89 Å². The molecule has 0 atom stereocenters. The molecule has 2 heterocycles. The first-order valence-electron chi connectivity index (χ1n) is 8.15. The van der Waals surface area contributed by atoms with Crippen molar-refractivity contribution in [1.29, 1.82) is 0 Å². The number of hydrogen-bond acceptors (Lipinski definition) is 7. The molecule has 0 unspecified atom stereocenters. The van der Waals surface area contributed by atoms with Crippen LogP contribution in [0.25, 0.3) is 10.8 Å². The van der Waals surface area contributed by atoms with Gasteiger partial charge in [-0.1, -0.05) is 13.0 Å². The van der Waals surface area contributed by atoms with Crippen molar-refractivity contribution in [2.45, 2.75) is 24.8 Å². The second-order valence-corrected chi connectivity index (χ2v) is 9.35. The van der Waals surface area contributed by atoms with E-state index in [1.807, 2.05) is 24.4 Å². The van der Waals surface area contributed by atoms with Crippen molar-refractivity contribution in [3.63, 3.8) is 0 Å². The van der Waals surface area contributed by atoms with E-state index in [1.165, 1.54) is 34.9 Å². The first-order chi connectivity index (χ1) is 13.0. The van der Waals surface area contributed by atoms with Gasteiger partial charge in [0.2, 0.25) is 15.9 Å². The lowest BCUT2D eigenvalue weighted by molar-refractivity contribution is 0.357. The Hall–Kier alpha value is -1.75. The van der Waals surface area contributed by atoms with Gasteiger partial charge in [0, 0.05) is 6.54 Å². The third-order valence-corrected chi connectivity index (χ3v) is 7.06. The zero-order valence-corrected chi connectivity index (χ0v) is 18.0. The highest BCUT2D eigenvalue weighted by molar-refractivity contribution is 9.10. The van der Waals surface area contributed by atoms with Gasteiger partial charge in [0.1, 0.15) is 5.75 Å². The molecule has 10 heteroatoms. The lowest BCUT2D eigenvalue weighted by Gasteiger charge is -2.20. The molecule has 0 bridgehead atoms. The number of benzene rings is 1. The fraction of sp³-hybridized carbons (Fsp3) is 0.294. The van der Waals surface area contributed by atoms with E-state index in [-0.39, 0.29) is 17.3 Å². The Morgan fingerprint density at radius 3 is 2.74 bits per heavy atom. The molecule has 7 nitrogen and oxygen atoms in total. The second-order valence-electron chi connectivity index (χ2n) is 5.61. The summed E-state index contributed by atoms with van der Waals surface area (Å²) in [5.41, 5.74) is 0. The minimum absolute atomic E-state index is 0.0121. The molecule has 0 aliphatic carbocycles. The standard InChI is InChI=1S/C17H18BrN3O4S2/c1-3-8-21(11-16-19-20-17(25-16)15-5-4-9-26-15)27(22,23)12-6-7-14(24-2)13(18)10-12/h4-7,9-10H,3,8,11H2,1-2H3. The lowest BCUT2D eigenvalue weighted by atomic mass is 10.3. The number of aromatic nitrogens is 2. The summed E-state index contributed by atoms with van der Waals surface area (Å²) in [6.45, 7) is 2.26. The molecule has 0 radical (unpaired) electrons. The van der Waals surface area contributed by atoms with Crippen molar-refractivity contribution in [2.24, 2.45) is 0 Å². The van der Waals surface area contributed by atoms with Crippen LogP contribution in [0.5, 0.6) is 5.75 Å². The molecular weight excluding hydrogens is 454 g/mol. The number of sulfonamides is 1. The maximum Gasteiger partial charge on any atom is 0.257 e. The smallest absolute Gasteiger partial charge is 0.257 e. The first-order valence-corrected chi connectivity index (χ1v) is 11.3. The van der Waals surface area contributed by atoms with Crippen LogP contribution in [0, 0.1) is 0 Å². The minimum atomic E-state index is -3.73. The molecule has 2 aromatic heterocycles. The molecule has 0 spiro atoms. The Labute approximate surface area is 170 Å². The third kappa shape index (κ3) is 4.40. The molecule has 0 aliphatic heterocycles. The molecule has 3 aromatic rings. The maximum absolute atomic E-state index is 13.1. The number of hydrogen-bond donors (Lipinski definition) is 0. The van der Waals surface area contributed by atoms with Gasteiger partial charge in [-0.25, -0.2) is 8.42 Å². The Kier molecular flexibility index (Phi) is 6.30. The quantitative estimate of drug-likeness (QED) is 0.489. The van der Waals surface area contributed by atoms with Gasteiger partial charge in [-0.15, -0.1) is 21.5 Å². The normalized spacial score (nSPS) is 11.9. The third-order valence-electron chi connectivity index (χ3n) is 3.74. The van der Waals surface area contributed by atoms with Gasteiger partial charge in [-0.2, -0.15) is 4.31 Å². The number of nitrogens with zero attached hydrogens (tertiary/aromatic N) is 3. The largest absolute Gasteiger partial charge is 0.496 e. The van der Waals surface area contributed by atoms with Crippen LogP contribution in [0.1, 0.15) is 19.2 Å². The van der Waals surface area contributed by atoms with E-state index in [4.69, 9.17) is 9.15 Å². The van der Waals surface area contributed by atoms with Gasteiger partial charge < -0.3 is 9.15 Å². The van der Waals surface area contributed by atoms with Crippen LogP contribution < -0.4 is 4.74 Å². The number of rotatable bonds is 8. The second kappa shape index (κ2) is 8.51. The summed E-state index contributed by atoms with van der Waals surface area (Å²) in [5, 5.41) is 9.92. The summed E-state index contributed by atoms with van der Waals surface area (Å²) in [5.74, 6) is 1.21. The van der Waals surface area contributed by atoms with Crippen LogP contribution in [0.3, 0.4) is 0 Å². The maximum atomic E-state index is 13.1. The molecule has 144 valence electrons. The Morgan fingerprint density at radius 1 is 1.30 bits per heavy atom. The van der Waals surface area contributed by atoms with Gasteiger partial charge >= 0.3 is 0 Å². The predicted molar refractivity (Wildman–Crippen MR) is 106 cm³/mol. The number of halogens is 1. The Bertz CT molecular complexity index is 1000. The zero-order chi connectivity index (χ0) is 19.4. The molecule has 0 aliphatic rings. The number of thiophene rings is 1. The summed E-state index contributed by atoms with van der Waals surface area (Å²) in [6.07, 6.45) is 0.655. The molecule has 0 saturated heterocycles. The van der Waals surface area contributed by atoms with E-state index in [0.29, 0.717) is 29.1 Å². The van der Waals surface area contributed by atoms with Crippen LogP contribution in [-0.4, -0.2) is 36.6 Å². The number of methoxy groups -OCH3 is 1. The molecular formula is C17H18BrN3O4S2. The SMILES string of the molecule is CCCN(Cc1nnc(-c2cccs2)o1)S(=O)(=O)c1ccc(OC)c(Br)c1. The zero-order valence-electron chi connectivity index (χ0n) is 14.8. The van der Waals surface area contributed by atoms with Crippen LogP contribution in [0.15, 0.2) is 49.5 Å². The van der Waals surface area contributed by atoms with E-state index in [1.54, 1.807) is 6.07 Å². The summed E-state index contributed by atoms with van der Waals surface area (Å²) < 4.78 is 38.9. The van der Waals surface area contributed by atoms with E-state index in [2.05, 4.69) is 26.1 Å². The lowest BCUT2D eigenvalue weighted by Crippen LogP contribution is -2.31. The molecule has 0 N–H and O–H groups in total. The van der Waals surface area contributed by atoms with Gasteiger partial charge in [-0.05, 0) is 52.0 Å². The Balaban J connectivity index is 1.87. The summed E-state index contributed by atoms with van der Waals surface area (Å²) in [7, 11) is -2.20. The summed E-state index contributed by atoms with van der Waals surface area (Å²) in [6, 6.07) is 8.42. The highest BCUT2D eigenvalue weighted by atomic mass is 79.9. The highest BCUT2D eigenvalue weighted by Gasteiger charge is 2.27. The van der Waals surface area contributed by atoms with E-state index >= 15 is 0 Å². The monoisotopic (exact) mass is 471 g/mol. The Morgan fingerprint density at radius 2 is 2.11 bits per heavy atom. The highest BCUT2D eigenvalue weighted by Crippen LogP contribution is 2.30. The average Bonchev–Trinajstić information content (AvgIpc) is 3.32. The molecule has 27 heavy (non-hydrogen) atoms. The van der Waals surface area contributed by atoms with E-state index in [0.717, 1.165) is 4.88 Å². The minimum Gasteiger partial charge on any atom is -0.496 e. The van der Waals surface area contributed by atoms with E-state index < -0.39 is 10.0 Å². The van der Waals surface area contributed by atoms with Crippen molar-refractivity contribution in [3.05, 3.63) is 46.1 Å². The van der Waals surface area contributed by atoms with Crippen molar-refractivity contribution in [2.75, 3.05) is 13.7 Å². The summed E-state index contributed by atoms with van der Waals surface area (Å²) in [4.78, 5) is 1.01. The predicted octanol–water partition coefficient (Wildman–Crippen LogP) is 4.17. The molecule has 3 rings (SSSR count). The number of ether oxygens (including phenoxy) is 1. The van der Waals surface area contributed by atoms with Crippen LogP contribution in [-0.2, 0) is 16.6 Å². The fourth-order valence-corrected chi connectivity index (χ4v) is 5.30. The topological polar surface area (TPSA) is 85.5 Å². The molecule has 0 fully saturated rings. The molecule has 0 saturated carbocycles. The van der Waals surface area contributed by atoms with Crippen LogP contribution in [0.4, 0.5) is 0 Å². The van der Waals surface area contributed by atoms with E-state index in [9.17, 15) is 8.42 Å². The van der Waals surface area contributed by atoms with Gasteiger partial charge in [0.15, 0.2) is 0 Å². The van der Waals surface area contributed by atoms with Gasteiger partial charge in [0.05, 0.1) is 27.9 Å². The summed E-state index contributed by atoms with van der Waals surface area (Å²) >= 11 is 4.81. The van der Waals surface area contributed by atoms with Crippen LogP contribution in [0.2, 0.25) is 0 Å². The molecule has 1 aromatic carbocycles. The first kappa shape index (κ1) is 20.0. The van der Waals surface area contributed by atoms with Gasteiger partial charge in [-0.3, -0.25) is 0 Å². The molecule has 0 amide bonds. The van der Waals surface area contributed by atoms with Crippen molar-refractivity contribution in [3.8, 4) is 16.5 Å². The average molecular weight is 472 g/mol. The van der Waals surface area contributed by atoms with Crippen LogP contribution >= 0.6 is 27.3 Å².